The van der Waals surface area contributed by atoms with Crippen LogP contribution >= 0.6 is 0 Å². The first-order chi connectivity index (χ1) is 22.4. The van der Waals surface area contributed by atoms with Crippen molar-refractivity contribution in [2.75, 3.05) is 19.6 Å². The third-order valence-corrected chi connectivity index (χ3v) is 10.6. The molecule has 1 saturated heterocycles. The fourth-order valence-corrected chi connectivity index (χ4v) is 7.39. The Labute approximate surface area is 275 Å². The van der Waals surface area contributed by atoms with Crippen LogP contribution in [0.4, 0.5) is 10.1 Å². The van der Waals surface area contributed by atoms with Crippen LogP contribution in [0.3, 0.4) is 0 Å². The number of aryl methyl sites for hydroxylation is 2. The molecule has 4 heterocycles. The second kappa shape index (κ2) is 13.3. The number of alkyl halides is 1. The van der Waals surface area contributed by atoms with Crippen molar-refractivity contribution in [2.45, 2.75) is 84.7 Å². The number of carboxylic acids is 1. The highest BCUT2D eigenvalue weighted by Crippen LogP contribution is 2.39. The average molecular weight is 641 g/mol. The van der Waals surface area contributed by atoms with E-state index >= 15 is 0 Å². The third kappa shape index (κ3) is 7.30. The maximum absolute atomic E-state index is 14.7. The van der Waals surface area contributed by atoms with E-state index in [0.717, 1.165) is 53.0 Å². The summed E-state index contributed by atoms with van der Waals surface area (Å²) in [7, 11) is 0. The zero-order chi connectivity index (χ0) is 33.5. The molecule has 3 aromatic rings. The van der Waals surface area contributed by atoms with E-state index in [1.54, 1.807) is 13.1 Å². The molecule has 2 N–H and O–H groups in total. The number of benzene rings is 1. The van der Waals surface area contributed by atoms with E-state index in [1.807, 2.05) is 35.2 Å². The number of rotatable bonds is 9. The number of piperidine rings is 1. The number of pyridine rings is 2. The van der Waals surface area contributed by atoms with Crippen LogP contribution in [0.2, 0.25) is 0 Å². The van der Waals surface area contributed by atoms with Crippen molar-refractivity contribution >= 4 is 23.2 Å². The van der Waals surface area contributed by atoms with Crippen LogP contribution in [-0.4, -0.2) is 63.2 Å². The first-order valence-corrected chi connectivity index (χ1v) is 16.9. The average Bonchev–Trinajstić information content (AvgIpc) is 3.45. The van der Waals surface area contributed by atoms with Crippen LogP contribution in [0.1, 0.15) is 80.5 Å². The zero-order valence-corrected chi connectivity index (χ0v) is 27.8. The number of hydrogen-bond acceptors (Lipinski definition) is 6. The summed E-state index contributed by atoms with van der Waals surface area (Å²) in [4.78, 5) is 51.7. The summed E-state index contributed by atoms with van der Waals surface area (Å²) < 4.78 is 14.7. The number of nitrogens with one attached hydrogen (secondary N) is 1. The number of halogens is 1. The lowest BCUT2D eigenvalue weighted by Gasteiger charge is -2.34. The fraction of sp³-hybridized carbons (Fsp3) is 0.500. The largest absolute Gasteiger partial charge is 0.481 e. The Hall–Kier alpha value is -3.98. The van der Waals surface area contributed by atoms with Gasteiger partial charge in [-0.3, -0.25) is 19.4 Å². The molecule has 2 aliphatic heterocycles. The van der Waals surface area contributed by atoms with Gasteiger partial charge in [-0.15, -0.1) is 0 Å². The number of carbonyl (C=O) groups is 2. The van der Waals surface area contributed by atoms with E-state index in [9.17, 15) is 23.9 Å². The Balaban J connectivity index is 1.19. The van der Waals surface area contributed by atoms with Gasteiger partial charge in [0.2, 0.25) is 0 Å². The molecule has 1 aliphatic carbocycles. The topological polar surface area (TPSA) is 116 Å². The highest BCUT2D eigenvalue weighted by atomic mass is 19.1. The molecule has 3 aliphatic rings. The second-order valence-electron chi connectivity index (χ2n) is 14.8. The van der Waals surface area contributed by atoms with E-state index in [4.69, 9.17) is 9.98 Å². The number of aromatic nitrogens is 2. The van der Waals surface area contributed by atoms with Gasteiger partial charge in [0, 0.05) is 36.8 Å². The number of carboxylic acid groups (broad SMARTS) is 1. The van der Waals surface area contributed by atoms with Gasteiger partial charge in [-0.1, -0.05) is 45.0 Å². The Morgan fingerprint density at radius 2 is 1.87 bits per heavy atom. The van der Waals surface area contributed by atoms with Gasteiger partial charge in [-0.2, -0.15) is 0 Å². The molecule has 47 heavy (non-hydrogen) atoms. The van der Waals surface area contributed by atoms with Gasteiger partial charge in [0.05, 0.1) is 23.0 Å². The molecule has 1 aromatic carbocycles. The first-order valence-electron chi connectivity index (χ1n) is 16.9. The number of hydrogen-bond donors (Lipinski definition) is 2. The molecule has 0 saturated carbocycles. The predicted octanol–water partition coefficient (Wildman–Crippen LogP) is 6.40. The van der Waals surface area contributed by atoms with Gasteiger partial charge in [0.15, 0.2) is 5.78 Å². The van der Waals surface area contributed by atoms with E-state index in [-0.39, 0.29) is 42.1 Å². The van der Waals surface area contributed by atoms with Crippen molar-refractivity contribution in [1.29, 1.82) is 0 Å². The van der Waals surface area contributed by atoms with Gasteiger partial charge in [0.25, 0.3) is 5.56 Å². The van der Waals surface area contributed by atoms with Crippen LogP contribution < -0.4 is 5.56 Å². The molecule has 0 radical (unpaired) electrons. The number of ketones is 1. The van der Waals surface area contributed by atoms with E-state index in [0.29, 0.717) is 43.1 Å². The monoisotopic (exact) mass is 640 g/mol. The summed E-state index contributed by atoms with van der Waals surface area (Å²) in [6.45, 7) is 9.80. The van der Waals surface area contributed by atoms with Crippen molar-refractivity contribution in [3.05, 3.63) is 81.0 Å². The molecule has 8 nitrogen and oxygen atoms in total. The zero-order valence-electron chi connectivity index (χ0n) is 27.8. The minimum atomic E-state index is -1.41. The molecule has 9 heteroatoms. The number of nitrogens with zero attached hydrogens (tertiary/aromatic N) is 3. The summed E-state index contributed by atoms with van der Waals surface area (Å²) in [5.74, 6) is -1.60. The predicted molar refractivity (Wildman–Crippen MR) is 181 cm³/mol. The molecule has 0 amide bonds. The fourth-order valence-electron chi connectivity index (χ4n) is 7.39. The van der Waals surface area contributed by atoms with Crippen LogP contribution in [0.25, 0.3) is 11.1 Å². The van der Waals surface area contributed by atoms with Gasteiger partial charge in [0.1, 0.15) is 6.17 Å². The molecule has 0 spiro atoms. The minimum Gasteiger partial charge on any atom is -0.481 e. The molecule has 2 aromatic heterocycles. The summed E-state index contributed by atoms with van der Waals surface area (Å²) in [6.07, 6.45) is 4.94. The number of aliphatic carboxylic acids is 1. The van der Waals surface area contributed by atoms with Gasteiger partial charge < -0.3 is 15.0 Å². The maximum atomic E-state index is 14.7. The third-order valence-electron chi connectivity index (χ3n) is 10.6. The van der Waals surface area contributed by atoms with E-state index in [2.05, 4.69) is 31.8 Å². The van der Waals surface area contributed by atoms with E-state index in [1.165, 1.54) is 5.56 Å². The normalized spacial score (nSPS) is 21.9. The highest BCUT2D eigenvalue weighted by Gasteiger charge is 2.35. The van der Waals surface area contributed by atoms with Crippen LogP contribution in [0.15, 0.2) is 52.4 Å². The summed E-state index contributed by atoms with van der Waals surface area (Å²) in [5.41, 5.74) is 8.23. The number of likely N-dealkylation sites (tertiary alicyclic amines) is 1. The smallest absolute Gasteiger partial charge is 0.309 e. The Kier molecular flexibility index (Phi) is 9.29. The number of aliphatic imine (C=N–C) groups is 1. The summed E-state index contributed by atoms with van der Waals surface area (Å²) >= 11 is 0. The Bertz CT molecular complexity index is 1760. The molecule has 4 atom stereocenters. The molecule has 0 unspecified atom stereocenters. The standard InChI is InChI=1S/C38H45FN4O4/c1-22-15-27(20-40-36(22)45)24-7-5-23(6-8-24)25(11-13-43-14-12-29(37(46)47)30(39)21-43)18-35(44)34-19-33-32(42-34)17-26-16-28(38(2,3)4)9-10-31(26)41-33/h5-8,15,17,20,25,28-30H,9-14,16,18-19,21H2,1-4H3,(H,40,45)(H,46,47)/t25-,28-,29-,30-/m0/s1. The van der Waals surface area contributed by atoms with Crippen molar-refractivity contribution in [2.24, 2.45) is 22.2 Å². The molecule has 1 fully saturated rings. The minimum absolute atomic E-state index is 0.00757. The number of fused-ring (bicyclic) bond motifs is 2. The number of H-pyrrole nitrogens is 1. The van der Waals surface area contributed by atoms with Crippen molar-refractivity contribution < 1.29 is 19.1 Å². The lowest BCUT2D eigenvalue weighted by Crippen LogP contribution is -2.45. The highest BCUT2D eigenvalue weighted by molar-refractivity contribution is 6.41. The number of aromatic amines is 1. The lowest BCUT2D eigenvalue weighted by atomic mass is 9.71. The van der Waals surface area contributed by atoms with Gasteiger partial charge >= 0.3 is 5.97 Å². The molecular formula is C38H45FN4O4. The van der Waals surface area contributed by atoms with Crippen molar-refractivity contribution in [1.82, 2.24) is 14.9 Å². The van der Waals surface area contributed by atoms with Crippen molar-refractivity contribution in [3.8, 4) is 11.1 Å². The Morgan fingerprint density at radius 1 is 1.11 bits per heavy atom. The molecule has 6 rings (SSSR count). The molecule has 248 valence electrons. The van der Waals surface area contributed by atoms with Gasteiger partial charge in [-0.05, 0) is 104 Å². The lowest BCUT2D eigenvalue weighted by molar-refractivity contribution is -0.146. The summed E-state index contributed by atoms with van der Waals surface area (Å²) in [5, 5.41) is 9.34. The SMILES string of the molecule is Cc1cc(-c2ccc([C@@H](CCN3CC[C@H](C(=O)O)[C@@H](F)C3)CC(=O)C3=Nc4cc5c(nc4C3)CC[C@H](C(C)(C)C)C5)cc2)c[nH]c1=O. The van der Waals surface area contributed by atoms with Crippen molar-refractivity contribution in [3.63, 3.8) is 0 Å². The van der Waals surface area contributed by atoms with Crippen LogP contribution in [-0.2, 0) is 28.9 Å². The second-order valence-corrected chi connectivity index (χ2v) is 14.8. The van der Waals surface area contributed by atoms with Crippen LogP contribution in [0, 0.1) is 24.2 Å². The molecular weight excluding hydrogens is 595 g/mol. The van der Waals surface area contributed by atoms with Crippen LogP contribution in [0.5, 0.6) is 0 Å². The first kappa shape index (κ1) is 32.9. The Morgan fingerprint density at radius 3 is 2.55 bits per heavy atom. The van der Waals surface area contributed by atoms with Gasteiger partial charge in [-0.25, -0.2) is 9.38 Å². The number of carbonyl (C=O) groups excluding carboxylic acids is 1. The summed E-state index contributed by atoms with van der Waals surface area (Å²) in [6, 6.07) is 12.0. The quantitative estimate of drug-likeness (QED) is 0.280. The maximum Gasteiger partial charge on any atom is 0.309 e. The molecule has 0 bridgehead atoms. The number of Topliss-reactive ketones (excluding diaryl/α,β-unsaturated/α-hetero) is 1. The van der Waals surface area contributed by atoms with E-state index < -0.39 is 18.1 Å².